The average molecular weight is 392 g/mol. The fourth-order valence-corrected chi connectivity index (χ4v) is 3.86. The molecule has 6 heteroatoms. The molecule has 1 unspecified atom stereocenters. The Morgan fingerprint density at radius 2 is 1.83 bits per heavy atom. The quantitative estimate of drug-likeness (QED) is 0.676. The number of ether oxygens (including phenoxy) is 2. The van der Waals surface area contributed by atoms with E-state index in [4.69, 9.17) is 9.47 Å². The lowest BCUT2D eigenvalue weighted by Crippen LogP contribution is -2.39. The van der Waals surface area contributed by atoms with Gasteiger partial charge in [0.25, 0.3) is 5.91 Å². The van der Waals surface area contributed by atoms with E-state index in [1.807, 2.05) is 53.4 Å². The van der Waals surface area contributed by atoms with Crippen molar-refractivity contribution in [3.63, 3.8) is 0 Å². The van der Waals surface area contributed by atoms with Crippen molar-refractivity contribution in [1.29, 1.82) is 0 Å². The Balaban J connectivity index is 1.52. The Bertz CT molecular complexity index is 1030. The number of aryl methyl sites for hydroxylation is 1. The summed E-state index contributed by atoms with van der Waals surface area (Å²) in [6, 6.07) is 15.0. The minimum atomic E-state index is -1.14. The highest BCUT2D eigenvalue weighted by Gasteiger charge is 2.38. The maximum absolute atomic E-state index is 12.7. The molecule has 150 valence electrons. The summed E-state index contributed by atoms with van der Waals surface area (Å²) >= 11 is 0. The van der Waals surface area contributed by atoms with Crippen molar-refractivity contribution < 1.29 is 19.4 Å². The Morgan fingerprint density at radius 1 is 1.10 bits per heavy atom. The van der Waals surface area contributed by atoms with Gasteiger partial charge in [0.05, 0.1) is 20.8 Å². The van der Waals surface area contributed by atoms with Gasteiger partial charge in [-0.2, -0.15) is 0 Å². The number of hydrogen-bond acceptors (Lipinski definition) is 4. The lowest BCUT2D eigenvalue weighted by Gasteiger charge is -2.25. The first-order valence-corrected chi connectivity index (χ1v) is 9.53. The maximum Gasteiger partial charge on any atom is 0.251 e. The molecule has 29 heavy (non-hydrogen) atoms. The Hall–Kier alpha value is -3.25. The van der Waals surface area contributed by atoms with Gasteiger partial charge in [0.2, 0.25) is 0 Å². The van der Waals surface area contributed by atoms with Crippen LogP contribution < -0.4 is 14.8 Å². The summed E-state index contributed by atoms with van der Waals surface area (Å²) in [6.45, 7) is 0.127. The monoisotopic (exact) mass is 392 g/mol. The number of fused-ring (bicyclic) bond motifs is 1. The second kappa shape index (κ2) is 7.64. The third-order valence-corrected chi connectivity index (χ3v) is 5.47. The van der Waals surface area contributed by atoms with Crippen LogP contribution in [0.1, 0.15) is 27.9 Å². The van der Waals surface area contributed by atoms with E-state index in [1.165, 1.54) is 0 Å². The Labute approximate surface area is 169 Å². The minimum absolute atomic E-state index is 0.127. The molecule has 0 radical (unpaired) electrons. The molecule has 0 bridgehead atoms. The molecule has 4 rings (SSSR count). The van der Waals surface area contributed by atoms with E-state index in [0.29, 0.717) is 29.9 Å². The second-order valence-corrected chi connectivity index (χ2v) is 7.22. The molecule has 1 amide bonds. The van der Waals surface area contributed by atoms with Crippen molar-refractivity contribution in [2.24, 2.45) is 0 Å². The van der Waals surface area contributed by atoms with E-state index in [1.54, 1.807) is 26.4 Å². The number of carbonyl (C=O) groups excluding carboxylic acids is 1. The van der Waals surface area contributed by atoms with Gasteiger partial charge < -0.3 is 24.5 Å². The van der Waals surface area contributed by atoms with Gasteiger partial charge in [0.15, 0.2) is 11.5 Å². The van der Waals surface area contributed by atoms with Gasteiger partial charge in [0, 0.05) is 23.6 Å². The standard InChI is InChI=1S/C23H24N2O4/c1-28-20-13-16-8-9-23(27,19(16)14-21(20)29-2)15-24-22(26)17-6-5-7-18(12-17)25-10-3-4-11-25/h3-7,10-14,27H,8-9,15H2,1-2H3,(H,24,26). The first-order chi connectivity index (χ1) is 14.0. The molecular weight excluding hydrogens is 368 g/mol. The number of amides is 1. The van der Waals surface area contributed by atoms with Crippen molar-refractivity contribution in [3.05, 3.63) is 77.6 Å². The second-order valence-electron chi connectivity index (χ2n) is 7.22. The average Bonchev–Trinajstić information content (AvgIpc) is 3.40. The molecule has 2 N–H and O–H groups in total. The molecule has 0 spiro atoms. The van der Waals surface area contributed by atoms with E-state index >= 15 is 0 Å². The predicted octanol–water partition coefficient (Wildman–Crippen LogP) is 3.06. The number of rotatable bonds is 6. The smallest absolute Gasteiger partial charge is 0.251 e. The van der Waals surface area contributed by atoms with Gasteiger partial charge in [0.1, 0.15) is 5.60 Å². The number of nitrogens with zero attached hydrogens (tertiary/aromatic N) is 1. The van der Waals surface area contributed by atoms with E-state index < -0.39 is 5.60 Å². The summed E-state index contributed by atoms with van der Waals surface area (Å²) in [4.78, 5) is 12.7. The lowest BCUT2D eigenvalue weighted by atomic mass is 9.95. The number of benzene rings is 2. The van der Waals surface area contributed by atoms with E-state index in [-0.39, 0.29) is 12.5 Å². The zero-order chi connectivity index (χ0) is 20.4. The van der Waals surface area contributed by atoms with Crippen LogP contribution in [-0.4, -0.2) is 36.3 Å². The number of carbonyl (C=O) groups is 1. The molecule has 1 aliphatic carbocycles. The Kier molecular flexibility index (Phi) is 5.03. The third-order valence-electron chi connectivity index (χ3n) is 5.47. The molecule has 3 aromatic rings. The van der Waals surface area contributed by atoms with Crippen LogP contribution in [0, 0.1) is 0 Å². The largest absolute Gasteiger partial charge is 0.493 e. The number of methoxy groups -OCH3 is 2. The molecule has 1 heterocycles. The molecule has 0 saturated heterocycles. The van der Waals surface area contributed by atoms with E-state index in [0.717, 1.165) is 16.8 Å². The predicted molar refractivity (Wildman–Crippen MR) is 110 cm³/mol. The fourth-order valence-electron chi connectivity index (χ4n) is 3.86. The third kappa shape index (κ3) is 3.59. The Morgan fingerprint density at radius 3 is 2.55 bits per heavy atom. The summed E-state index contributed by atoms with van der Waals surface area (Å²) < 4.78 is 12.7. The van der Waals surface area contributed by atoms with Gasteiger partial charge in [-0.05, 0) is 66.4 Å². The summed E-state index contributed by atoms with van der Waals surface area (Å²) in [5, 5.41) is 14.1. The number of nitrogens with one attached hydrogen (secondary N) is 1. The van der Waals surface area contributed by atoms with Crippen LogP contribution in [0.5, 0.6) is 11.5 Å². The number of aromatic nitrogens is 1. The zero-order valence-electron chi connectivity index (χ0n) is 16.5. The summed E-state index contributed by atoms with van der Waals surface area (Å²) in [5.74, 6) is 0.986. The molecule has 2 aromatic carbocycles. The molecule has 1 atom stereocenters. The normalized spacial score (nSPS) is 17.6. The lowest BCUT2D eigenvalue weighted by molar-refractivity contribution is 0.0368. The molecule has 6 nitrogen and oxygen atoms in total. The highest BCUT2D eigenvalue weighted by atomic mass is 16.5. The molecule has 0 saturated carbocycles. The molecule has 1 aliphatic rings. The first kappa shape index (κ1) is 19.1. The van der Waals surface area contributed by atoms with Gasteiger partial charge in [-0.25, -0.2) is 0 Å². The number of hydrogen-bond donors (Lipinski definition) is 2. The van der Waals surface area contributed by atoms with Crippen LogP contribution in [0.3, 0.4) is 0 Å². The molecular formula is C23H24N2O4. The van der Waals surface area contributed by atoms with Crippen molar-refractivity contribution in [1.82, 2.24) is 9.88 Å². The zero-order valence-corrected chi connectivity index (χ0v) is 16.5. The fraction of sp³-hybridized carbons (Fsp3) is 0.261. The van der Waals surface area contributed by atoms with E-state index in [9.17, 15) is 9.90 Å². The summed E-state index contributed by atoms with van der Waals surface area (Å²) in [7, 11) is 3.16. The van der Waals surface area contributed by atoms with Crippen molar-refractivity contribution in [2.75, 3.05) is 20.8 Å². The van der Waals surface area contributed by atoms with Crippen LogP contribution in [-0.2, 0) is 12.0 Å². The van der Waals surface area contributed by atoms with Crippen LogP contribution in [0.15, 0.2) is 60.9 Å². The van der Waals surface area contributed by atoms with E-state index in [2.05, 4.69) is 5.32 Å². The van der Waals surface area contributed by atoms with Crippen LogP contribution in [0.25, 0.3) is 5.69 Å². The highest BCUT2D eigenvalue weighted by Crippen LogP contribution is 2.42. The molecule has 0 aliphatic heterocycles. The molecule has 0 fully saturated rings. The highest BCUT2D eigenvalue weighted by molar-refractivity contribution is 5.94. The van der Waals surface area contributed by atoms with Crippen molar-refractivity contribution in [3.8, 4) is 17.2 Å². The summed E-state index contributed by atoms with van der Waals surface area (Å²) in [5.41, 5.74) is 2.10. The maximum atomic E-state index is 12.7. The van der Waals surface area contributed by atoms with Crippen molar-refractivity contribution in [2.45, 2.75) is 18.4 Å². The SMILES string of the molecule is COc1cc2c(cc1OC)C(O)(CNC(=O)c1cccc(-n3cccc3)c1)CC2. The number of aliphatic hydroxyl groups is 1. The van der Waals surface area contributed by atoms with Crippen LogP contribution in [0.2, 0.25) is 0 Å². The van der Waals surface area contributed by atoms with Gasteiger partial charge in [-0.1, -0.05) is 6.07 Å². The van der Waals surface area contributed by atoms with Crippen LogP contribution in [0.4, 0.5) is 0 Å². The first-order valence-electron chi connectivity index (χ1n) is 9.53. The van der Waals surface area contributed by atoms with Gasteiger partial charge >= 0.3 is 0 Å². The van der Waals surface area contributed by atoms with Gasteiger partial charge in [-0.3, -0.25) is 4.79 Å². The summed E-state index contributed by atoms with van der Waals surface area (Å²) in [6.07, 6.45) is 5.10. The topological polar surface area (TPSA) is 72.7 Å². The van der Waals surface area contributed by atoms with Gasteiger partial charge in [-0.15, -0.1) is 0 Å². The van der Waals surface area contributed by atoms with Crippen molar-refractivity contribution >= 4 is 5.91 Å². The van der Waals surface area contributed by atoms with Crippen LogP contribution >= 0.6 is 0 Å². The molecule has 1 aromatic heterocycles. The minimum Gasteiger partial charge on any atom is -0.493 e.